The Kier molecular flexibility index (Phi) is 8.02. The number of hydrogen-bond donors (Lipinski definition) is 1. The molecule has 2 aromatic rings. The van der Waals surface area contributed by atoms with E-state index in [1.807, 2.05) is 13.8 Å². The third-order valence-corrected chi connectivity index (χ3v) is 5.01. The van der Waals surface area contributed by atoms with Crippen molar-refractivity contribution in [1.82, 2.24) is 0 Å². The molecule has 0 unspecified atom stereocenters. The topological polar surface area (TPSA) is 100 Å². The van der Waals surface area contributed by atoms with E-state index in [0.29, 0.717) is 28.7 Å². The van der Waals surface area contributed by atoms with Crippen LogP contribution in [0.1, 0.15) is 27.7 Å². The normalized spacial score (nSPS) is 10.2. The first-order valence-corrected chi connectivity index (χ1v) is 9.67. The van der Waals surface area contributed by atoms with E-state index in [4.69, 9.17) is 18.9 Å². The lowest BCUT2D eigenvalue weighted by Crippen LogP contribution is -2.24. The molecule has 1 heterocycles. The molecule has 29 heavy (non-hydrogen) atoms. The fourth-order valence-corrected chi connectivity index (χ4v) is 3.46. The minimum atomic E-state index is -0.710. The summed E-state index contributed by atoms with van der Waals surface area (Å²) in [6.07, 6.45) is 0. The Morgan fingerprint density at radius 3 is 2.31 bits per heavy atom. The van der Waals surface area contributed by atoms with Crippen molar-refractivity contribution >= 4 is 34.2 Å². The van der Waals surface area contributed by atoms with Crippen LogP contribution in [0.2, 0.25) is 0 Å². The number of nitrogens with one attached hydrogen (secondary N) is 1. The number of hydrogen-bond acceptors (Lipinski definition) is 8. The zero-order valence-electron chi connectivity index (χ0n) is 16.7. The van der Waals surface area contributed by atoms with E-state index in [1.165, 1.54) is 18.4 Å². The SMILES string of the molecule is CCOc1ccccc1OCC(=O)OCC(=O)Nc1sc(C)c(C)c1C(=O)OC. The van der Waals surface area contributed by atoms with E-state index in [9.17, 15) is 14.4 Å². The largest absolute Gasteiger partial charge is 0.490 e. The van der Waals surface area contributed by atoms with Gasteiger partial charge >= 0.3 is 11.9 Å². The molecule has 2 rings (SSSR count). The van der Waals surface area contributed by atoms with Crippen molar-refractivity contribution < 1.29 is 33.3 Å². The fourth-order valence-electron chi connectivity index (χ4n) is 2.39. The second-order valence-electron chi connectivity index (χ2n) is 5.86. The van der Waals surface area contributed by atoms with Crippen LogP contribution in [0.4, 0.5) is 5.00 Å². The van der Waals surface area contributed by atoms with Crippen LogP contribution in [0.5, 0.6) is 11.5 Å². The van der Waals surface area contributed by atoms with Crippen LogP contribution in [-0.4, -0.2) is 44.8 Å². The molecule has 0 aliphatic carbocycles. The lowest BCUT2D eigenvalue weighted by atomic mass is 10.1. The monoisotopic (exact) mass is 421 g/mol. The van der Waals surface area contributed by atoms with Gasteiger partial charge in [0.25, 0.3) is 5.91 Å². The van der Waals surface area contributed by atoms with Crippen molar-refractivity contribution in [3.8, 4) is 11.5 Å². The zero-order valence-corrected chi connectivity index (χ0v) is 17.5. The van der Waals surface area contributed by atoms with Gasteiger partial charge in [-0.3, -0.25) is 4.79 Å². The predicted molar refractivity (Wildman–Crippen MR) is 108 cm³/mol. The number of aryl methyl sites for hydroxylation is 1. The number of rotatable bonds is 9. The van der Waals surface area contributed by atoms with Gasteiger partial charge in [0.1, 0.15) is 5.00 Å². The molecule has 0 saturated carbocycles. The van der Waals surface area contributed by atoms with Gasteiger partial charge < -0.3 is 24.3 Å². The first kappa shape index (κ1) is 22.2. The highest BCUT2D eigenvalue weighted by atomic mass is 32.1. The van der Waals surface area contributed by atoms with Gasteiger partial charge in [-0.2, -0.15) is 0 Å². The number of methoxy groups -OCH3 is 1. The highest BCUT2D eigenvalue weighted by Crippen LogP contribution is 2.32. The van der Waals surface area contributed by atoms with Crippen LogP contribution >= 0.6 is 11.3 Å². The molecule has 1 N–H and O–H groups in total. The maximum Gasteiger partial charge on any atom is 0.344 e. The lowest BCUT2D eigenvalue weighted by Gasteiger charge is -2.11. The highest BCUT2D eigenvalue weighted by molar-refractivity contribution is 7.16. The van der Waals surface area contributed by atoms with Gasteiger partial charge in [-0.15, -0.1) is 11.3 Å². The first-order chi connectivity index (χ1) is 13.9. The Morgan fingerprint density at radius 2 is 1.69 bits per heavy atom. The summed E-state index contributed by atoms with van der Waals surface area (Å²) in [5, 5.41) is 2.94. The molecule has 0 aliphatic heterocycles. The number of carbonyl (C=O) groups is 3. The Labute approximate surface area is 172 Å². The molecule has 0 saturated heterocycles. The van der Waals surface area contributed by atoms with E-state index in [2.05, 4.69) is 5.32 Å². The van der Waals surface area contributed by atoms with E-state index in [0.717, 1.165) is 10.4 Å². The molecule has 0 bridgehead atoms. The lowest BCUT2D eigenvalue weighted by molar-refractivity contribution is -0.149. The summed E-state index contributed by atoms with van der Waals surface area (Å²) in [6.45, 7) is 5.02. The van der Waals surface area contributed by atoms with Crippen LogP contribution in [0.3, 0.4) is 0 Å². The van der Waals surface area contributed by atoms with Gasteiger partial charge in [0.05, 0.1) is 19.3 Å². The fraction of sp³-hybridized carbons (Fsp3) is 0.350. The van der Waals surface area contributed by atoms with Gasteiger partial charge in [-0.25, -0.2) is 9.59 Å². The van der Waals surface area contributed by atoms with Crippen molar-refractivity contribution in [2.24, 2.45) is 0 Å². The van der Waals surface area contributed by atoms with Crippen LogP contribution in [0, 0.1) is 13.8 Å². The Hall–Kier alpha value is -3.07. The Balaban J connectivity index is 1.88. The van der Waals surface area contributed by atoms with E-state index in [-0.39, 0.29) is 6.61 Å². The molecular formula is C20H23NO7S. The number of ether oxygens (including phenoxy) is 4. The predicted octanol–water partition coefficient (Wildman–Crippen LogP) is 3.11. The number of benzene rings is 1. The van der Waals surface area contributed by atoms with Crippen LogP contribution < -0.4 is 14.8 Å². The maximum absolute atomic E-state index is 12.1. The van der Waals surface area contributed by atoms with Gasteiger partial charge in [0, 0.05) is 4.88 Å². The molecule has 156 valence electrons. The van der Waals surface area contributed by atoms with E-state index < -0.39 is 24.5 Å². The minimum Gasteiger partial charge on any atom is -0.490 e. The molecule has 1 aromatic heterocycles. The Bertz CT molecular complexity index is 891. The van der Waals surface area contributed by atoms with Gasteiger partial charge in [0.15, 0.2) is 24.7 Å². The van der Waals surface area contributed by atoms with Gasteiger partial charge in [-0.05, 0) is 38.5 Å². The average Bonchev–Trinajstić information content (AvgIpc) is 2.98. The third-order valence-electron chi connectivity index (χ3n) is 3.89. The molecule has 0 fully saturated rings. The van der Waals surface area contributed by atoms with Gasteiger partial charge in [0.2, 0.25) is 0 Å². The summed E-state index contributed by atoms with van der Waals surface area (Å²) in [5.74, 6) is -0.902. The molecule has 1 amide bonds. The van der Waals surface area contributed by atoms with E-state index >= 15 is 0 Å². The van der Waals surface area contributed by atoms with Crippen LogP contribution in [0.25, 0.3) is 0 Å². The van der Waals surface area contributed by atoms with E-state index in [1.54, 1.807) is 31.2 Å². The summed E-state index contributed by atoms with van der Waals surface area (Å²) in [5.41, 5.74) is 1.03. The van der Waals surface area contributed by atoms with Crippen molar-refractivity contribution in [3.63, 3.8) is 0 Å². The van der Waals surface area contributed by atoms with Crippen molar-refractivity contribution in [2.75, 3.05) is 32.2 Å². The molecule has 1 aromatic carbocycles. The summed E-state index contributed by atoms with van der Waals surface area (Å²) < 4.78 is 20.5. The van der Waals surface area contributed by atoms with Gasteiger partial charge in [-0.1, -0.05) is 12.1 Å². The maximum atomic E-state index is 12.1. The minimum absolute atomic E-state index is 0.297. The molecular weight excluding hydrogens is 398 g/mol. The second kappa shape index (κ2) is 10.5. The van der Waals surface area contributed by atoms with Crippen molar-refractivity contribution in [2.45, 2.75) is 20.8 Å². The van der Waals surface area contributed by atoms with Crippen molar-refractivity contribution in [1.29, 1.82) is 0 Å². The number of anilines is 1. The molecule has 0 aliphatic rings. The second-order valence-corrected chi connectivity index (χ2v) is 7.08. The molecule has 9 heteroatoms. The summed E-state index contributed by atoms with van der Waals surface area (Å²) in [6, 6.07) is 6.93. The standard InChI is InChI=1S/C20H23NO7S/c1-5-26-14-8-6-7-9-15(14)27-11-17(23)28-10-16(22)21-19-18(20(24)25-4)12(2)13(3)29-19/h6-9H,5,10-11H2,1-4H3,(H,21,22). The first-order valence-electron chi connectivity index (χ1n) is 8.85. The number of amides is 1. The summed E-state index contributed by atoms with van der Waals surface area (Å²) >= 11 is 1.25. The molecule has 0 spiro atoms. The van der Waals surface area contributed by atoms with Crippen LogP contribution in [-0.2, 0) is 19.1 Å². The summed E-state index contributed by atoms with van der Waals surface area (Å²) in [4.78, 5) is 36.8. The quantitative estimate of drug-likeness (QED) is 0.621. The summed E-state index contributed by atoms with van der Waals surface area (Å²) in [7, 11) is 1.27. The smallest absolute Gasteiger partial charge is 0.344 e. The number of para-hydroxylation sites is 2. The Morgan fingerprint density at radius 1 is 1.03 bits per heavy atom. The molecule has 8 nitrogen and oxygen atoms in total. The third kappa shape index (κ3) is 5.95. The molecule has 0 radical (unpaired) electrons. The van der Waals surface area contributed by atoms with Crippen LogP contribution in [0.15, 0.2) is 24.3 Å². The number of thiophene rings is 1. The number of carbonyl (C=O) groups excluding carboxylic acids is 3. The number of esters is 2. The molecule has 0 atom stereocenters. The highest BCUT2D eigenvalue weighted by Gasteiger charge is 2.22. The average molecular weight is 421 g/mol. The van der Waals surface area contributed by atoms with Crippen molar-refractivity contribution in [3.05, 3.63) is 40.3 Å². The zero-order chi connectivity index (χ0) is 21.4.